The number of aryl methyl sites for hydroxylation is 2. The lowest BCUT2D eigenvalue weighted by molar-refractivity contribution is 0.154. The van der Waals surface area contributed by atoms with E-state index in [-0.39, 0.29) is 5.92 Å². The van der Waals surface area contributed by atoms with Crippen molar-refractivity contribution >= 4 is 5.82 Å². The van der Waals surface area contributed by atoms with Crippen molar-refractivity contribution in [2.45, 2.75) is 31.9 Å². The number of nitrogens with zero attached hydrogens (tertiary/aromatic N) is 3. The summed E-state index contributed by atoms with van der Waals surface area (Å²) < 4.78 is 24.9. The number of hydrogen-bond donors (Lipinski definition) is 2. The molecule has 0 bridgehead atoms. The Labute approximate surface area is 180 Å². The van der Waals surface area contributed by atoms with Crippen molar-refractivity contribution in [1.29, 1.82) is 0 Å². The maximum absolute atomic E-state index is 13.1. The number of hydrogen-bond acceptors (Lipinski definition) is 7. The Morgan fingerprint density at radius 3 is 2.68 bits per heavy atom. The van der Waals surface area contributed by atoms with Crippen LogP contribution in [0.2, 0.25) is 0 Å². The molecule has 1 saturated carbocycles. The van der Waals surface area contributed by atoms with E-state index in [2.05, 4.69) is 20.3 Å². The highest BCUT2D eigenvalue weighted by Gasteiger charge is 2.60. The van der Waals surface area contributed by atoms with Gasteiger partial charge in [0.2, 0.25) is 0 Å². The van der Waals surface area contributed by atoms with Crippen LogP contribution in [0.25, 0.3) is 0 Å². The molecule has 0 spiro atoms. The fourth-order valence-corrected chi connectivity index (χ4v) is 3.99. The minimum absolute atomic E-state index is 0.165. The van der Waals surface area contributed by atoms with Crippen LogP contribution in [0.15, 0.2) is 48.8 Å². The van der Waals surface area contributed by atoms with Crippen LogP contribution < -0.4 is 14.8 Å². The Hall–Kier alpha value is -3.26. The monoisotopic (exact) mass is 424 g/mol. The molecular weight excluding hydrogens is 399 g/mol. The molecule has 2 aromatic heterocycles. The average Bonchev–Trinajstić information content (AvgIpc) is 3.50. The van der Waals surface area contributed by atoms with Crippen molar-refractivity contribution in [2.75, 3.05) is 19.0 Å². The summed E-state index contributed by atoms with van der Waals surface area (Å²) in [4.78, 5) is 12.6. The van der Waals surface area contributed by atoms with Gasteiger partial charge in [0.05, 0.1) is 31.8 Å². The Morgan fingerprint density at radius 1 is 1.16 bits per heavy atom. The van der Waals surface area contributed by atoms with E-state index in [0.717, 1.165) is 23.2 Å². The van der Waals surface area contributed by atoms with E-state index in [9.17, 15) is 9.50 Å². The van der Waals surface area contributed by atoms with Gasteiger partial charge in [0.25, 0.3) is 0 Å². The highest BCUT2D eigenvalue weighted by Crippen LogP contribution is 2.58. The number of aliphatic hydroxyl groups excluding tert-OH is 1. The number of aromatic nitrogens is 3. The van der Waals surface area contributed by atoms with Crippen LogP contribution in [0.5, 0.6) is 11.5 Å². The molecule has 31 heavy (non-hydrogen) atoms. The first-order chi connectivity index (χ1) is 14.9. The van der Waals surface area contributed by atoms with Gasteiger partial charge in [0, 0.05) is 16.9 Å². The molecule has 1 aliphatic carbocycles. The van der Waals surface area contributed by atoms with E-state index in [4.69, 9.17) is 9.47 Å². The molecule has 2 N–H and O–H groups in total. The fraction of sp³-hybridized carbons (Fsp3) is 0.348. The van der Waals surface area contributed by atoms with Gasteiger partial charge in [0.15, 0.2) is 5.75 Å². The van der Waals surface area contributed by atoms with Crippen molar-refractivity contribution in [1.82, 2.24) is 15.0 Å². The topological polar surface area (TPSA) is 89.4 Å². The normalized spacial score (nSPS) is 20.7. The van der Waals surface area contributed by atoms with E-state index in [1.165, 1.54) is 12.1 Å². The van der Waals surface area contributed by atoms with Gasteiger partial charge in [0.1, 0.15) is 29.4 Å². The number of pyridine rings is 1. The lowest BCUT2D eigenvalue weighted by Gasteiger charge is -2.24. The molecule has 7 nitrogen and oxygen atoms in total. The molecule has 4 rings (SSSR count). The molecule has 1 aliphatic rings. The molecule has 8 heteroatoms. The molecule has 3 atom stereocenters. The largest absolute Gasteiger partial charge is 0.496 e. The highest BCUT2D eigenvalue weighted by atomic mass is 19.1. The van der Waals surface area contributed by atoms with Crippen molar-refractivity contribution in [3.63, 3.8) is 0 Å². The summed E-state index contributed by atoms with van der Waals surface area (Å²) in [6.45, 7) is 4.03. The zero-order chi connectivity index (χ0) is 22.0. The third-order valence-corrected chi connectivity index (χ3v) is 5.72. The van der Waals surface area contributed by atoms with Crippen molar-refractivity contribution in [3.05, 3.63) is 71.7 Å². The number of methoxy groups -OCH3 is 1. The van der Waals surface area contributed by atoms with Crippen LogP contribution in [0.1, 0.15) is 23.5 Å². The number of rotatable bonds is 8. The van der Waals surface area contributed by atoms with Gasteiger partial charge in [-0.1, -0.05) is 18.2 Å². The predicted octanol–water partition coefficient (Wildman–Crippen LogP) is 3.40. The molecule has 0 aliphatic heterocycles. The number of para-hydroxylation sites is 1. The van der Waals surface area contributed by atoms with Crippen LogP contribution in [-0.4, -0.2) is 40.0 Å². The van der Waals surface area contributed by atoms with Crippen LogP contribution in [0.4, 0.5) is 10.2 Å². The number of anilines is 1. The Morgan fingerprint density at radius 2 is 1.97 bits per heavy atom. The average molecular weight is 424 g/mol. The van der Waals surface area contributed by atoms with Crippen LogP contribution in [0.3, 0.4) is 0 Å². The van der Waals surface area contributed by atoms with Crippen LogP contribution in [0, 0.1) is 25.6 Å². The number of aliphatic hydroxyl groups is 1. The molecule has 0 radical (unpaired) electrons. The number of ether oxygens (including phenoxy) is 2. The van der Waals surface area contributed by atoms with Crippen LogP contribution in [-0.2, 0) is 5.41 Å². The van der Waals surface area contributed by atoms with Gasteiger partial charge >= 0.3 is 0 Å². The molecule has 2 heterocycles. The standard InChI is InChI=1S/C23H25FN4O3/c1-14-20(12-25-15(2)27-14)31-13-23(17-6-4-5-7-19(17)30-3)10-18(23)22(29)28-21-9-8-16(24)11-26-21/h4-9,11-12,18,22,29H,10,13H2,1-3H3,(H,26,28). The Balaban J connectivity index is 1.59. The first kappa shape index (κ1) is 21.0. The van der Waals surface area contributed by atoms with Crippen LogP contribution >= 0.6 is 0 Å². The number of halogens is 1. The molecule has 1 aromatic carbocycles. The van der Waals surface area contributed by atoms with E-state index in [1.807, 2.05) is 38.1 Å². The summed E-state index contributed by atoms with van der Waals surface area (Å²) in [5.74, 6) is 1.82. The maximum atomic E-state index is 13.1. The van der Waals surface area contributed by atoms with Gasteiger partial charge in [-0.25, -0.2) is 19.3 Å². The van der Waals surface area contributed by atoms with Gasteiger partial charge in [-0.3, -0.25) is 0 Å². The molecule has 3 unspecified atom stereocenters. The maximum Gasteiger partial charge on any atom is 0.158 e. The van der Waals surface area contributed by atoms with Crippen molar-refractivity contribution in [3.8, 4) is 11.5 Å². The minimum Gasteiger partial charge on any atom is -0.496 e. The molecular formula is C23H25FN4O3. The quantitative estimate of drug-likeness (QED) is 0.536. The third kappa shape index (κ3) is 4.29. The second-order valence-electron chi connectivity index (χ2n) is 7.77. The lowest BCUT2D eigenvalue weighted by Crippen LogP contribution is -2.30. The van der Waals surface area contributed by atoms with E-state index < -0.39 is 17.5 Å². The summed E-state index contributed by atoms with van der Waals surface area (Å²) in [5.41, 5.74) is 1.24. The number of nitrogens with one attached hydrogen (secondary N) is 1. The smallest absolute Gasteiger partial charge is 0.158 e. The summed E-state index contributed by atoms with van der Waals surface area (Å²) in [6, 6.07) is 10.5. The van der Waals surface area contributed by atoms with Crippen molar-refractivity contribution < 1.29 is 19.0 Å². The summed E-state index contributed by atoms with van der Waals surface area (Å²) in [6.07, 6.45) is 2.55. The molecule has 162 valence electrons. The van der Waals surface area contributed by atoms with E-state index >= 15 is 0 Å². The zero-order valence-corrected chi connectivity index (χ0v) is 17.7. The van der Waals surface area contributed by atoms with Gasteiger partial charge < -0.3 is 19.9 Å². The molecule has 1 fully saturated rings. The Kier molecular flexibility index (Phi) is 5.73. The zero-order valence-electron chi connectivity index (χ0n) is 17.7. The van der Waals surface area contributed by atoms with Crippen molar-refractivity contribution in [2.24, 2.45) is 5.92 Å². The molecule has 0 amide bonds. The molecule has 0 saturated heterocycles. The van der Waals surface area contributed by atoms with E-state index in [1.54, 1.807) is 13.3 Å². The lowest BCUT2D eigenvalue weighted by atomic mass is 9.92. The summed E-state index contributed by atoms with van der Waals surface area (Å²) in [7, 11) is 1.62. The number of benzene rings is 1. The third-order valence-electron chi connectivity index (χ3n) is 5.72. The first-order valence-electron chi connectivity index (χ1n) is 10.1. The van der Waals surface area contributed by atoms with E-state index in [0.29, 0.717) is 30.4 Å². The first-order valence-corrected chi connectivity index (χ1v) is 10.1. The van der Waals surface area contributed by atoms with Gasteiger partial charge in [-0.15, -0.1) is 0 Å². The Bertz CT molecular complexity index is 1060. The second-order valence-corrected chi connectivity index (χ2v) is 7.77. The minimum atomic E-state index is -0.901. The van der Waals surface area contributed by atoms with Gasteiger partial charge in [-0.2, -0.15) is 0 Å². The summed E-state index contributed by atoms with van der Waals surface area (Å²) >= 11 is 0. The second kappa shape index (κ2) is 8.47. The molecule has 3 aromatic rings. The summed E-state index contributed by atoms with van der Waals surface area (Å²) in [5, 5.41) is 13.9. The fourth-order valence-electron chi connectivity index (χ4n) is 3.99. The van der Waals surface area contributed by atoms with Gasteiger partial charge in [-0.05, 0) is 38.5 Å². The highest BCUT2D eigenvalue weighted by molar-refractivity contribution is 5.47. The predicted molar refractivity (Wildman–Crippen MR) is 114 cm³/mol. The SMILES string of the molecule is COc1ccccc1C1(COc2cnc(C)nc2C)CC1C(O)Nc1ccc(F)cn1.